The van der Waals surface area contributed by atoms with E-state index in [1.54, 1.807) is 6.92 Å². The molecule has 0 saturated carbocycles. The number of hydrogen-bond acceptors (Lipinski definition) is 3. The molecule has 1 aromatic rings. The van der Waals surface area contributed by atoms with E-state index in [1.807, 2.05) is 0 Å². The standard InChI is InChI=1S/C14H16FNO4/c1-4-20-12-6-5-10(7-11(12)15)16-13(17)8(2)9(3)14(18)19/h5-7H,4H2,1-3H3,(H,16,17)(H,18,19)/b9-8-. The maximum atomic E-state index is 13.6. The molecule has 0 aromatic heterocycles. The highest BCUT2D eigenvalue weighted by molar-refractivity contribution is 6.08. The fraction of sp³-hybridized carbons (Fsp3) is 0.286. The van der Waals surface area contributed by atoms with Crippen molar-refractivity contribution in [2.75, 3.05) is 11.9 Å². The third kappa shape index (κ3) is 3.81. The molecule has 0 aliphatic rings. The number of carbonyl (C=O) groups excluding carboxylic acids is 1. The van der Waals surface area contributed by atoms with Gasteiger partial charge in [-0.1, -0.05) is 0 Å². The van der Waals surface area contributed by atoms with E-state index in [9.17, 15) is 14.0 Å². The third-order valence-electron chi connectivity index (χ3n) is 2.71. The van der Waals surface area contributed by atoms with Gasteiger partial charge >= 0.3 is 5.97 Å². The summed E-state index contributed by atoms with van der Waals surface area (Å²) in [5.41, 5.74) is 0.231. The van der Waals surface area contributed by atoms with Crippen LogP contribution in [0.2, 0.25) is 0 Å². The average molecular weight is 281 g/mol. The van der Waals surface area contributed by atoms with Crippen molar-refractivity contribution in [1.29, 1.82) is 0 Å². The number of amides is 1. The van der Waals surface area contributed by atoms with Crippen LogP contribution in [0.25, 0.3) is 0 Å². The number of rotatable bonds is 5. The second-order valence-electron chi connectivity index (χ2n) is 4.09. The molecule has 5 nitrogen and oxygen atoms in total. The second kappa shape index (κ2) is 6.70. The van der Waals surface area contributed by atoms with E-state index in [4.69, 9.17) is 9.84 Å². The van der Waals surface area contributed by atoms with Gasteiger partial charge in [-0.2, -0.15) is 0 Å². The van der Waals surface area contributed by atoms with Gasteiger partial charge in [-0.05, 0) is 32.9 Å². The van der Waals surface area contributed by atoms with Gasteiger partial charge in [0.25, 0.3) is 5.91 Å². The zero-order chi connectivity index (χ0) is 15.3. The van der Waals surface area contributed by atoms with Crippen molar-refractivity contribution in [3.63, 3.8) is 0 Å². The van der Waals surface area contributed by atoms with Crippen molar-refractivity contribution in [3.8, 4) is 5.75 Å². The zero-order valence-corrected chi connectivity index (χ0v) is 11.5. The Morgan fingerprint density at radius 3 is 2.45 bits per heavy atom. The molecule has 0 radical (unpaired) electrons. The Labute approximate surface area is 116 Å². The summed E-state index contributed by atoms with van der Waals surface area (Å²) in [7, 11) is 0. The van der Waals surface area contributed by atoms with Gasteiger partial charge in [0.1, 0.15) is 0 Å². The molecule has 1 amide bonds. The Kier molecular flexibility index (Phi) is 5.25. The van der Waals surface area contributed by atoms with Crippen LogP contribution in [0.15, 0.2) is 29.3 Å². The number of anilines is 1. The third-order valence-corrected chi connectivity index (χ3v) is 2.71. The first-order valence-corrected chi connectivity index (χ1v) is 6.01. The zero-order valence-electron chi connectivity index (χ0n) is 11.5. The minimum Gasteiger partial charge on any atom is -0.491 e. The molecule has 0 fully saturated rings. The van der Waals surface area contributed by atoms with Crippen LogP contribution >= 0.6 is 0 Å². The number of ether oxygens (including phenoxy) is 1. The number of halogens is 1. The molecule has 0 spiro atoms. The molecule has 20 heavy (non-hydrogen) atoms. The lowest BCUT2D eigenvalue weighted by Gasteiger charge is -2.09. The first-order chi connectivity index (χ1) is 9.36. The van der Waals surface area contributed by atoms with Crippen molar-refractivity contribution in [2.24, 2.45) is 0 Å². The van der Waals surface area contributed by atoms with Crippen molar-refractivity contribution in [2.45, 2.75) is 20.8 Å². The molecule has 0 heterocycles. The number of aliphatic carboxylic acids is 1. The molecular weight excluding hydrogens is 265 g/mol. The highest BCUT2D eigenvalue weighted by Crippen LogP contribution is 2.21. The van der Waals surface area contributed by atoms with Crippen LogP contribution in [0.4, 0.5) is 10.1 Å². The van der Waals surface area contributed by atoms with E-state index < -0.39 is 17.7 Å². The molecule has 0 saturated heterocycles. The lowest BCUT2D eigenvalue weighted by Crippen LogP contribution is -2.16. The summed E-state index contributed by atoms with van der Waals surface area (Å²) in [6, 6.07) is 4.00. The Morgan fingerprint density at radius 1 is 1.30 bits per heavy atom. The molecule has 0 aliphatic carbocycles. The van der Waals surface area contributed by atoms with Gasteiger partial charge < -0.3 is 15.2 Å². The van der Waals surface area contributed by atoms with Crippen molar-refractivity contribution in [1.82, 2.24) is 0 Å². The van der Waals surface area contributed by atoms with Crippen molar-refractivity contribution < 1.29 is 23.8 Å². The van der Waals surface area contributed by atoms with Crippen LogP contribution in [0.5, 0.6) is 5.75 Å². The van der Waals surface area contributed by atoms with Gasteiger partial charge in [0.15, 0.2) is 11.6 Å². The first kappa shape index (κ1) is 15.7. The minimum atomic E-state index is -1.17. The summed E-state index contributed by atoms with van der Waals surface area (Å²) in [4.78, 5) is 22.5. The van der Waals surface area contributed by atoms with Crippen LogP contribution in [0.1, 0.15) is 20.8 Å². The summed E-state index contributed by atoms with van der Waals surface area (Å²) >= 11 is 0. The Balaban J connectivity index is 2.89. The molecule has 0 unspecified atom stereocenters. The van der Waals surface area contributed by atoms with Gasteiger partial charge in [0, 0.05) is 22.9 Å². The van der Waals surface area contributed by atoms with E-state index in [2.05, 4.69) is 5.32 Å². The molecule has 2 N–H and O–H groups in total. The minimum absolute atomic E-state index is 0.0612. The van der Waals surface area contributed by atoms with Crippen molar-refractivity contribution >= 4 is 17.6 Å². The average Bonchev–Trinajstić information content (AvgIpc) is 2.40. The predicted octanol–water partition coefficient (Wildman–Crippen LogP) is 2.58. The molecule has 1 rings (SSSR count). The normalized spacial score (nSPS) is 11.6. The largest absolute Gasteiger partial charge is 0.491 e. The lowest BCUT2D eigenvalue weighted by molar-refractivity contribution is -0.133. The fourth-order valence-corrected chi connectivity index (χ4v) is 1.41. The molecule has 108 valence electrons. The second-order valence-corrected chi connectivity index (χ2v) is 4.09. The van der Waals surface area contributed by atoms with Gasteiger partial charge in [-0.3, -0.25) is 4.79 Å². The number of hydrogen-bond donors (Lipinski definition) is 2. The molecule has 0 atom stereocenters. The van der Waals surface area contributed by atoms with E-state index in [0.29, 0.717) is 6.61 Å². The lowest BCUT2D eigenvalue weighted by atomic mass is 10.1. The number of benzene rings is 1. The van der Waals surface area contributed by atoms with Crippen molar-refractivity contribution in [3.05, 3.63) is 35.2 Å². The number of carbonyl (C=O) groups is 2. The highest BCUT2D eigenvalue weighted by atomic mass is 19.1. The van der Waals surface area contributed by atoms with Crippen LogP contribution < -0.4 is 10.1 Å². The van der Waals surface area contributed by atoms with E-state index >= 15 is 0 Å². The molecular formula is C14H16FNO4. The summed E-state index contributed by atoms with van der Waals surface area (Å²) < 4.78 is 18.6. The molecule has 1 aromatic carbocycles. The maximum Gasteiger partial charge on any atom is 0.331 e. The van der Waals surface area contributed by atoms with Crippen LogP contribution in [-0.4, -0.2) is 23.6 Å². The van der Waals surface area contributed by atoms with E-state index in [1.165, 1.54) is 26.0 Å². The quantitative estimate of drug-likeness (QED) is 0.813. The first-order valence-electron chi connectivity index (χ1n) is 6.01. The highest BCUT2D eigenvalue weighted by Gasteiger charge is 2.13. The van der Waals surface area contributed by atoms with Gasteiger partial charge in [0.05, 0.1) is 6.61 Å². The van der Waals surface area contributed by atoms with E-state index in [0.717, 1.165) is 6.07 Å². The summed E-state index contributed by atoms with van der Waals surface area (Å²) in [6.07, 6.45) is 0. The van der Waals surface area contributed by atoms with E-state index in [-0.39, 0.29) is 22.6 Å². The Hall–Kier alpha value is -2.37. The molecule has 0 aliphatic heterocycles. The molecule has 0 bridgehead atoms. The Morgan fingerprint density at radius 2 is 1.95 bits per heavy atom. The van der Waals surface area contributed by atoms with Crippen LogP contribution in [0, 0.1) is 5.82 Å². The predicted molar refractivity (Wildman–Crippen MR) is 72.2 cm³/mol. The summed E-state index contributed by atoms with van der Waals surface area (Å²) in [5.74, 6) is -2.26. The fourth-order valence-electron chi connectivity index (χ4n) is 1.41. The number of carboxylic acids is 1. The van der Waals surface area contributed by atoms with Gasteiger partial charge in [-0.25, -0.2) is 9.18 Å². The topological polar surface area (TPSA) is 75.6 Å². The molecule has 6 heteroatoms. The van der Waals surface area contributed by atoms with Crippen LogP contribution in [0.3, 0.4) is 0 Å². The SMILES string of the molecule is CCOc1ccc(NC(=O)/C(C)=C(/C)C(=O)O)cc1F. The number of carboxylic acid groups (broad SMARTS) is 1. The van der Waals surface area contributed by atoms with Crippen LogP contribution in [-0.2, 0) is 9.59 Å². The monoisotopic (exact) mass is 281 g/mol. The smallest absolute Gasteiger partial charge is 0.331 e. The summed E-state index contributed by atoms with van der Waals surface area (Å²) in [5, 5.41) is 11.2. The Bertz CT molecular complexity index is 566. The number of nitrogens with one attached hydrogen (secondary N) is 1. The maximum absolute atomic E-state index is 13.6. The summed E-state index contributed by atoms with van der Waals surface area (Å²) in [6.45, 7) is 4.79. The van der Waals surface area contributed by atoms with Gasteiger partial charge in [0.2, 0.25) is 0 Å². The van der Waals surface area contributed by atoms with Gasteiger partial charge in [-0.15, -0.1) is 0 Å².